The van der Waals surface area contributed by atoms with Crippen molar-refractivity contribution < 1.29 is 14.4 Å². The molecule has 0 aliphatic carbocycles. The minimum absolute atomic E-state index is 0.00913. The molecule has 0 atom stereocenters. The molecule has 0 aliphatic rings. The van der Waals surface area contributed by atoms with Crippen LogP contribution in [0, 0.1) is 25.7 Å². The van der Waals surface area contributed by atoms with Crippen LogP contribution < -0.4 is 5.32 Å². The molecule has 2 aromatic rings. The molecule has 2 heterocycles. The topological polar surface area (TPSA) is 75.4 Å². The van der Waals surface area contributed by atoms with E-state index in [4.69, 9.17) is 9.63 Å². The lowest BCUT2D eigenvalue weighted by molar-refractivity contribution is 0.102. The van der Waals surface area contributed by atoms with Gasteiger partial charge in [0.1, 0.15) is 4.88 Å². The minimum Gasteiger partial charge on any atom is -0.395 e. The first kappa shape index (κ1) is 14.3. The Bertz CT molecular complexity index is 676. The summed E-state index contributed by atoms with van der Waals surface area (Å²) in [5, 5.41) is 17.0. The molecule has 0 bridgehead atoms. The second kappa shape index (κ2) is 6.37. The lowest BCUT2D eigenvalue weighted by Gasteiger charge is -2.00. The Kier molecular flexibility index (Phi) is 4.56. The maximum absolute atomic E-state index is 12.2. The maximum Gasteiger partial charge on any atom is 0.269 e. The Labute approximate surface area is 120 Å². The van der Waals surface area contributed by atoms with Gasteiger partial charge in [0.15, 0.2) is 0 Å². The van der Waals surface area contributed by atoms with E-state index in [0.29, 0.717) is 22.7 Å². The van der Waals surface area contributed by atoms with Crippen LogP contribution in [0.5, 0.6) is 0 Å². The molecule has 1 amide bonds. The largest absolute Gasteiger partial charge is 0.395 e. The summed E-state index contributed by atoms with van der Waals surface area (Å²) in [7, 11) is 0. The molecule has 0 saturated carbocycles. The van der Waals surface area contributed by atoms with Crippen molar-refractivity contribution in [2.75, 3.05) is 11.9 Å². The number of aromatic nitrogens is 1. The van der Waals surface area contributed by atoms with Gasteiger partial charge >= 0.3 is 0 Å². The number of hydrogen-bond donors (Lipinski definition) is 2. The lowest BCUT2D eigenvalue weighted by Crippen LogP contribution is -2.11. The van der Waals surface area contributed by atoms with Gasteiger partial charge in [-0.1, -0.05) is 17.0 Å². The van der Waals surface area contributed by atoms with E-state index in [9.17, 15) is 4.79 Å². The van der Waals surface area contributed by atoms with Gasteiger partial charge in [-0.3, -0.25) is 10.1 Å². The van der Waals surface area contributed by atoms with Crippen molar-refractivity contribution in [3.05, 3.63) is 33.1 Å². The van der Waals surface area contributed by atoms with E-state index in [-0.39, 0.29) is 12.5 Å². The Morgan fingerprint density at radius 3 is 3.00 bits per heavy atom. The van der Waals surface area contributed by atoms with Crippen LogP contribution in [0.15, 0.2) is 16.0 Å². The quantitative estimate of drug-likeness (QED) is 0.851. The van der Waals surface area contributed by atoms with Gasteiger partial charge in [0.05, 0.1) is 12.3 Å². The molecule has 2 N–H and O–H groups in total. The van der Waals surface area contributed by atoms with Crippen molar-refractivity contribution in [3.8, 4) is 11.8 Å². The summed E-state index contributed by atoms with van der Waals surface area (Å²) in [5.74, 6) is 5.76. The van der Waals surface area contributed by atoms with Crippen LogP contribution in [0.1, 0.15) is 32.9 Å². The average molecular weight is 290 g/mol. The third-order valence-corrected chi connectivity index (χ3v) is 3.63. The number of carbonyl (C=O) groups is 1. The zero-order valence-corrected chi connectivity index (χ0v) is 12.0. The Morgan fingerprint density at radius 2 is 2.35 bits per heavy atom. The number of nitrogens with one attached hydrogen (secondary N) is 1. The second-order valence-corrected chi connectivity index (χ2v) is 5.03. The van der Waals surface area contributed by atoms with E-state index < -0.39 is 0 Å². The fourth-order valence-corrected chi connectivity index (χ4v) is 2.23. The summed E-state index contributed by atoms with van der Waals surface area (Å²) in [6, 6.07) is 1.78. The molecule has 0 aromatic carbocycles. The molecule has 104 valence electrons. The van der Waals surface area contributed by atoms with Gasteiger partial charge < -0.3 is 9.63 Å². The standard InChI is InChI=1S/C14H14N2O3S/c1-9-10(2)16-19-14(9)15-13(18)12-11(6-8-20-12)5-3-4-7-17/h6,8,17H,4,7H2,1-2H3,(H,15,18). The number of anilines is 1. The number of thiophene rings is 1. The molecular weight excluding hydrogens is 276 g/mol. The first-order valence-corrected chi connectivity index (χ1v) is 6.93. The van der Waals surface area contributed by atoms with Crippen LogP contribution in [-0.2, 0) is 0 Å². The van der Waals surface area contributed by atoms with E-state index in [1.165, 1.54) is 11.3 Å². The van der Waals surface area contributed by atoms with E-state index in [0.717, 1.165) is 11.3 Å². The molecule has 0 saturated heterocycles. The predicted octanol–water partition coefficient (Wildman–Crippen LogP) is 2.34. The highest BCUT2D eigenvalue weighted by molar-refractivity contribution is 7.12. The summed E-state index contributed by atoms with van der Waals surface area (Å²) >= 11 is 1.31. The number of amides is 1. The molecule has 0 aliphatic heterocycles. The Balaban J connectivity index is 2.16. The lowest BCUT2D eigenvalue weighted by atomic mass is 10.2. The molecule has 20 heavy (non-hydrogen) atoms. The minimum atomic E-state index is -0.271. The van der Waals surface area contributed by atoms with Crippen LogP contribution in [-0.4, -0.2) is 22.8 Å². The summed E-state index contributed by atoms with van der Waals surface area (Å²) in [6.45, 7) is 3.65. The van der Waals surface area contributed by atoms with Gasteiger partial charge in [-0.05, 0) is 25.3 Å². The number of hydrogen-bond acceptors (Lipinski definition) is 5. The number of aliphatic hydroxyl groups is 1. The van der Waals surface area contributed by atoms with Gasteiger partial charge in [-0.25, -0.2) is 0 Å². The third kappa shape index (κ3) is 3.07. The van der Waals surface area contributed by atoms with Crippen LogP contribution in [0.25, 0.3) is 0 Å². The summed E-state index contributed by atoms with van der Waals surface area (Å²) in [4.78, 5) is 12.7. The van der Waals surface area contributed by atoms with Crippen molar-refractivity contribution in [2.45, 2.75) is 20.3 Å². The van der Waals surface area contributed by atoms with Crippen molar-refractivity contribution in [3.63, 3.8) is 0 Å². The van der Waals surface area contributed by atoms with E-state index >= 15 is 0 Å². The molecule has 0 unspecified atom stereocenters. The van der Waals surface area contributed by atoms with Crippen LogP contribution >= 0.6 is 11.3 Å². The first-order valence-electron chi connectivity index (χ1n) is 6.05. The SMILES string of the molecule is Cc1noc(NC(=O)c2sccc2C#CCCO)c1C. The second-order valence-electron chi connectivity index (χ2n) is 4.12. The number of aryl methyl sites for hydroxylation is 1. The van der Waals surface area contributed by atoms with Crippen molar-refractivity contribution in [1.82, 2.24) is 5.16 Å². The Hall–Kier alpha value is -2.10. The molecule has 0 radical (unpaired) electrons. The molecule has 6 heteroatoms. The smallest absolute Gasteiger partial charge is 0.269 e. The highest BCUT2D eigenvalue weighted by Gasteiger charge is 2.16. The number of rotatable bonds is 3. The molecule has 2 aromatic heterocycles. The molecule has 5 nitrogen and oxygen atoms in total. The summed E-state index contributed by atoms with van der Waals surface area (Å²) in [6.07, 6.45) is 0.386. The molecule has 0 spiro atoms. The van der Waals surface area contributed by atoms with Gasteiger partial charge in [-0.2, -0.15) is 0 Å². The van der Waals surface area contributed by atoms with Gasteiger partial charge in [-0.15, -0.1) is 11.3 Å². The monoisotopic (exact) mass is 290 g/mol. The summed E-state index contributed by atoms with van der Waals surface area (Å²) in [5.41, 5.74) is 2.20. The third-order valence-electron chi connectivity index (χ3n) is 2.72. The van der Waals surface area contributed by atoms with Crippen molar-refractivity contribution >= 4 is 23.1 Å². The van der Waals surface area contributed by atoms with Crippen LogP contribution in [0.3, 0.4) is 0 Å². The average Bonchev–Trinajstić information content (AvgIpc) is 3.01. The first-order chi connectivity index (χ1) is 9.63. The molecular formula is C14H14N2O3S. The highest BCUT2D eigenvalue weighted by Crippen LogP contribution is 2.21. The van der Waals surface area contributed by atoms with Gasteiger partial charge in [0, 0.05) is 17.5 Å². The number of carbonyl (C=O) groups excluding carboxylic acids is 1. The van der Waals surface area contributed by atoms with Crippen LogP contribution in [0.2, 0.25) is 0 Å². The van der Waals surface area contributed by atoms with Crippen LogP contribution in [0.4, 0.5) is 5.88 Å². The van der Waals surface area contributed by atoms with Gasteiger partial charge in [0.2, 0.25) is 5.88 Å². The maximum atomic E-state index is 12.2. The van der Waals surface area contributed by atoms with Gasteiger partial charge in [0.25, 0.3) is 5.91 Å². The zero-order chi connectivity index (χ0) is 14.5. The Morgan fingerprint density at radius 1 is 1.55 bits per heavy atom. The highest BCUT2D eigenvalue weighted by atomic mass is 32.1. The number of aliphatic hydroxyl groups excluding tert-OH is 1. The molecule has 0 fully saturated rings. The normalized spacial score (nSPS) is 9.95. The zero-order valence-electron chi connectivity index (χ0n) is 11.2. The predicted molar refractivity (Wildman–Crippen MR) is 76.8 cm³/mol. The van der Waals surface area contributed by atoms with E-state index in [1.54, 1.807) is 11.4 Å². The fraction of sp³-hybridized carbons (Fsp3) is 0.286. The van der Waals surface area contributed by atoms with Crippen molar-refractivity contribution in [1.29, 1.82) is 0 Å². The van der Waals surface area contributed by atoms with E-state index in [2.05, 4.69) is 22.3 Å². The summed E-state index contributed by atoms with van der Waals surface area (Å²) < 4.78 is 5.06. The fourth-order valence-electron chi connectivity index (χ4n) is 1.49. The van der Waals surface area contributed by atoms with Crippen molar-refractivity contribution in [2.24, 2.45) is 0 Å². The molecule has 2 rings (SSSR count). The van der Waals surface area contributed by atoms with E-state index in [1.807, 2.05) is 13.8 Å². The number of nitrogens with zero attached hydrogens (tertiary/aromatic N) is 1.